The molecule has 0 saturated carbocycles. The van der Waals surface area contributed by atoms with Crippen molar-refractivity contribution in [3.05, 3.63) is 66.5 Å². The monoisotopic (exact) mass is 307 g/mol. The Bertz CT molecular complexity index is 771. The molecule has 0 saturated heterocycles. The fraction of sp³-hybridized carbons (Fsp3) is 0.176. The van der Waals surface area contributed by atoms with E-state index in [9.17, 15) is 4.79 Å². The van der Waals surface area contributed by atoms with Crippen LogP contribution in [0.5, 0.6) is 0 Å². The van der Waals surface area contributed by atoms with Crippen molar-refractivity contribution in [3.8, 4) is 5.69 Å². The number of nitrogens with one attached hydrogen (secondary N) is 1. The summed E-state index contributed by atoms with van der Waals surface area (Å²) < 4.78 is 1.55. The van der Waals surface area contributed by atoms with Crippen LogP contribution in [-0.2, 0) is 4.79 Å². The van der Waals surface area contributed by atoms with Crippen molar-refractivity contribution in [1.82, 2.24) is 20.2 Å². The second kappa shape index (κ2) is 6.83. The summed E-state index contributed by atoms with van der Waals surface area (Å²) >= 11 is 0. The molecule has 0 aliphatic heterocycles. The summed E-state index contributed by atoms with van der Waals surface area (Å²) in [5.41, 5.74) is 2.53. The van der Waals surface area contributed by atoms with E-state index in [-0.39, 0.29) is 11.8 Å². The first-order chi connectivity index (χ1) is 11.3. The van der Waals surface area contributed by atoms with Gasteiger partial charge in [0.05, 0.1) is 11.6 Å². The lowest BCUT2D eigenvalue weighted by atomic mass is 9.95. The van der Waals surface area contributed by atoms with Gasteiger partial charge in [0.2, 0.25) is 5.91 Å². The lowest BCUT2D eigenvalue weighted by Crippen LogP contribution is -2.20. The molecular weight excluding hydrogens is 290 g/mol. The molecule has 1 unspecified atom stereocenters. The Labute approximate surface area is 134 Å². The van der Waals surface area contributed by atoms with Gasteiger partial charge in [-0.3, -0.25) is 4.79 Å². The fourth-order valence-electron chi connectivity index (χ4n) is 2.49. The highest BCUT2D eigenvalue weighted by atomic mass is 16.1. The van der Waals surface area contributed by atoms with E-state index in [1.165, 1.54) is 6.33 Å². The molecular formula is C17H17N5O. The zero-order valence-corrected chi connectivity index (χ0v) is 12.8. The van der Waals surface area contributed by atoms with E-state index in [2.05, 4.69) is 20.8 Å². The molecule has 1 atom stereocenters. The van der Waals surface area contributed by atoms with Crippen molar-refractivity contribution in [2.24, 2.45) is 0 Å². The summed E-state index contributed by atoms with van der Waals surface area (Å²) in [4.78, 5) is 12.6. The molecule has 6 nitrogen and oxygen atoms in total. The molecule has 0 bridgehead atoms. The second-order valence-corrected chi connectivity index (χ2v) is 5.17. The van der Waals surface area contributed by atoms with E-state index in [1.807, 2.05) is 61.5 Å². The van der Waals surface area contributed by atoms with Crippen molar-refractivity contribution in [1.29, 1.82) is 0 Å². The molecule has 0 aliphatic rings. The molecule has 0 aliphatic carbocycles. The maximum atomic E-state index is 12.6. The third-order valence-electron chi connectivity index (χ3n) is 3.65. The van der Waals surface area contributed by atoms with E-state index in [0.717, 1.165) is 23.4 Å². The Balaban J connectivity index is 1.78. The normalized spacial score (nSPS) is 11.9. The highest BCUT2D eigenvalue weighted by Crippen LogP contribution is 2.22. The van der Waals surface area contributed by atoms with Gasteiger partial charge in [-0.05, 0) is 40.6 Å². The Morgan fingerprint density at radius 2 is 2.00 bits per heavy atom. The van der Waals surface area contributed by atoms with Crippen molar-refractivity contribution in [3.63, 3.8) is 0 Å². The first-order valence-corrected chi connectivity index (χ1v) is 7.47. The van der Waals surface area contributed by atoms with Gasteiger partial charge in [-0.15, -0.1) is 5.10 Å². The lowest BCUT2D eigenvalue weighted by molar-refractivity contribution is -0.117. The molecule has 1 aromatic heterocycles. The zero-order valence-electron chi connectivity index (χ0n) is 12.8. The van der Waals surface area contributed by atoms with Gasteiger partial charge < -0.3 is 5.32 Å². The van der Waals surface area contributed by atoms with Crippen LogP contribution in [0, 0.1) is 0 Å². The number of hydrogen-bond acceptors (Lipinski definition) is 4. The minimum absolute atomic E-state index is 0.0208. The highest BCUT2D eigenvalue weighted by Gasteiger charge is 2.18. The van der Waals surface area contributed by atoms with Crippen LogP contribution in [0.15, 0.2) is 60.9 Å². The molecule has 0 radical (unpaired) electrons. The molecule has 3 aromatic rings. The molecule has 1 heterocycles. The number of carbonyl (C=O) groups is 1. The third kappa shape index (κ3) is 3.42. The lowest BCUT2D eigenvalue weighted by Gasteiger charge is -2.15. The minimum Gasteiger partial charge on any atom is -0.325 e. The van der Waals surface area contributed by atoms with E-state index in [4.69, 9.17) is 0 Å². The Morgan fingerprint density at radius 3 is 2.70 bits per heavy atom. The average molecular weight is 307 g/mol. The van der Waals surface area contributed by atoms with Crippen molar-refractivity contribution < 1.29 is 4.79 Å². The second-order valence-electron chi connectivity index (χ2n) is 5.17. The van der Waals surface area contributed by atoms with Crippen LogP contribution in [0.2, 0.25) is 0 Å². The molecule has 0 fully saturated rings. The summed E-state index contributed by atoms with van der Waals surface area (Å²) in [5, 5.41) is 14.1. The maximum absolute atomic E-state index is 12.6. The number of tetrazole rings is 1. The molecule has 3 rings (SSSR count). The first-order valence-electron chi connectivity index (χ1n) is 7.47. The quantitative estimate of drug-likeness (QED) is 0.786. The highest BCUT2D eigenvalue weighted by molar-refractivity contribution is 5.96. The van der Waals surface area contributed by atoms with Gasteiger partial charge in [-0.1, -0.05) is 43.3 Å². The molecule has 23 heavy (non-hydrogen) atoms. The van der Waals surface area contributed by atoms with Gasteiger partial charge in [0.15, 0.2) is 0 Å². The number of benzene rings is 2. The standard InChI is InChI=1S/C17H17N5O/c1-2-16(13-7-4-3-5-8-13)17(23)19-14-9-6-10-15(11-14)22-12-18-20-21-22/h3-12,16H,2H2,1H3,(H,19,23). The predicted molar refractivity (Wildman–Crippen MR) is 87.3 cm³/mol. The Hall–Kier alpha value is -3.02. The Kier molecular flexibility index (Phi) is 4.42. The zero-order chi connectivity index (χ0) is 16.1. The van der Waals surface area contributed by atoms with Crippen LogP contribution in [0.4, 0.5) is 5.69 Å². The largest absolute Gasteiger partial charge is 0.325 e. The number of aromatic nitrogens is 4. The summed E-state index contributed by atoms with van der Waals surface area (Å²) in [5.74, 6) is -0.194. The first kappa shape index (κ1) is 14.9. The fourth-order valence-corrected chi connectivity index (χ4v) is 2.49. The topological polar surface area (TPSA) is 72.7 Å². The summed E-state index contributed by atoms with van der Waals surface area (Å²) in [6.45, 7) is 2.01. The summed E-state index contributed by atoms with van der Waals surface area (Å²) in [7, 11) is 0. The predicted octanol–water partition coefficient (Wildman–Crippen LogP) is 2.79. The van der Waals surface area contributed by atoms with E-state index in [1.54, 1.807) is 4.68 Å². The van der Waals surface area contributed by atoms with Crippen molar-refractivity contribution in [2.75, 3.05) is 5.32 Å². The molecule has 6 heteroatoms. The van der Waals surface area contributed by atoms with Gasteiger partial charge in [-0.2, -0.15) is 0 Å². The smallest absolute Gasteiger partial charge is 0.231 e. The van der Waals surface area contributed by atoms with Crippen molar-refractivity contribution >= 4 is 11.6 Å². The number of anilines is 1. The minimum atomic E-state index is -0.173. The van der Waals surface area contributed by atoms with Gasteiger partial charge in [0.1, 0.15) is 6.33 Å². The SMILES string of the molecule is CCC(C(=O)Nc1cccc(-n2cnnn2)c1)c1ccccc1. The number of carbonyl (C=O) groups excluding carboxylic acids is 1. The molecule has 1 N–H and O–H groups in total. The van der Waals surface area contributed by atoms with Crippen LogP contribution in [0.25, 0.3) is 5.69 Å². The van der Waals surface area contributed by atoms with Gasteiger partial charge in [-0.25, -0.2) is 4.68 Å². The van der Waals surface area contributed by atoms with E-state index >= 15 is 0 Å². The van der Waals surface area contributed by atoms with E-state index < -0.39 is 0 Å². The molecule has 116 valence electrons. The van der Waals surface area contributed by atoms with Gasteiger partial charge in [0, 0.05) is 5.69 Å². The van der Waals surface area contributed by atoms with Crippen LogP contribution in [-0.4, -0.2) is 26.1 Å². The van der Waals surface area contributed by atoms with Gasteiger partial charge >= 0.3 is 0 Å². The third-order valence-corrected chi connectivity index (χ3v) is 3.65. The maximum Gasteiger partial charge on any atom is 0.231 e. The van der Waals surface area contributed by atoms with Crippen LogP contribution >= 0.6 is 0 Å². The van der Waals surface area contributed by atoms with E-state index in [0.29, 0.717) is 0 Å². The number of hydrogen-bond donors (Lipinski definition) is 1. The Morgan fingerprint density at radius 1 is 1.17 bits per heavy atom. The molecule has 1 amide bonds. The summed E-state index contributed by atoms with van der Waals surface area (Å²) in [6, 6.07) is 17.2. The average Bonchev–Trinajstić information content (AvgIpc) is 3.11. The molecule has 0 spiro atoms. The number of nitrogens with zero attached hydrogens (tertiary/aromatic N) is 4. The van der Waals surface area contributed by atoms with Crippen molar-refractivity contribution in [2.45, 2.75) is 19.3 Å². The van der Waals surface area contributed by atoms with Crippen LogP contribution in [0.3, 0.4) is 0 Å². The van der Waals surface area contributed by atoms with Gasteiger partial charge in [0.25, 0.3) is 0 Å². The van der Waals surface area contributed by atoms with Crippen LogP contribution in [0.1, 0.15) is 24.8 Å². The number of rotatable bonds is 5. The molecule has 2 aromatic carbocycles. The summed E-state index contributed by atoms with van der Waals surface area (Å²) in [6.07, 6.45) is 2.25. The van der Waals surface area contributed by atoms with Crippen LogP contribution < -0.4 is 5.32 Å². The number of amides is 1.